The fourth-order valence-electron chi connectivity index (χ4n) is 3.84. The van der Waals surface area contributed by atoms with E-state index in [9.17, 15) is 13.2 Å². The highest BCUT2D eigenvalue weighted by molar-refractivity contribution is 7.89. The van der Waals surface area contributed by atoms with Crippen molar-refractivity contribution in [3.05, 3.63) is 41.3 Å². The van der Waals surface area contributed by atoms with Gasteiger partial charge in [-0.2, -0.15) is 0 Å². The first-order chi connectivity index (χ1) is 14.9. The van der Waals surface area contributed by atoms with Gasteiger partial charge in [-0.25, -0.2) is 13.1 Å². The minimum Gasteiger partial charge on any atom is -0.354 e. The topological polar surface area (TPSA) is 101 Å². The van der Waals surface area contributed by atoms with Gasteiger partial charge in [0.15, 0.2) is 5.76 Å². The zero-order valence-corrected chi connectivity index (χ0v) is 18.6. The average molecular weight is 444 g/mol. The highest BCUT2D eigenvalue weighted by Gasteiger charge is 2.30. The van der Waals surface area contributed by atoms with E-state index in [1.165, 1.54) is 12.8 Å². The van der Waals surface area contributed by atoms with Crippen molar-refractivity contribution in [3.8, 4) is 0 Å². The van der Waals surface area contributed by atoms with E-state index in [-0.39, 0.29) is 22.8 Å². The Hall–Kier alpha value is -2.45. The van der Waals surface area contributed by atoms with Gasteiger partial charge in [0.2, 0.25) is 15.9 Å². The van der Waals surface area contributed by atoms with Crippen molar-refractivity contribution in [3.63, 3.8) is 0 Å². The number of aromatic nitrogens is 1. The van der Waals surface area contributed by atoms with E-state index in [4.69, 9.17) is 4.52 Å². The Labute approximate surface area is 183 Å². The van der Waals surface area contributed by atoms with Gasteiger partial charge >= 0.3 is 0 Å². The average Bonchev–Trinajstić information content (AvgIpc) is 3.57. The summed E-state index contributed by atoms with van der Waals surface area (Å²) >= 11 is 0. The largest absolute Gasteiger partial charge is 0.354 e. The van der Waals surface area contributed by atoms with Crippen LogP contribution in [-0.2, 0) is 14.8 Å². The van der Waals surface area contributed by atoms with Crippen LogP contribution in [0.2, 0.25) is 0 Å². The van der Waals surface area contributed by atoms with E-state index in [2.05, 4.69) is 15.2 Å². The summed E-state index contributed by atoms with van der Waals surface area (Å²) in [6.07, 6.45) is 11.7. The molecule has 0 saturated heterocycles. The fraction of sp³-hybridized carbons (Fsp3) is 0.478. The highest BCUT2D eigenvalue weighted by Crippen LogP contribution is 2.32. The summed E-state index contributed by atoms with van der Waals surface area (Å²) in [7, 11) is -3.53. The number of amides is 1. The van der Waals surface area contributed by atoms with Crippen molar-refractivity contribution in [2.24, 2.45) is 5.92 Å². The second-order valence-corrected chi connectivity index (χ2v) is 10.2. The van der Waals surface area contributed by atoms with Crippen LogP contribution in [0, 0.1) is 12.8 Å². The Bertz CT molecular complexity index is 1040. The molecule has 1 aromatic heterocycles. The Kier molecular flexibility index (Phi) is 6.57. The number of hydrogen-bond donors (Lipinski definition) is 2. The number of nitrogens with zero attached hydrogens (tertiary/aromatic N) is 1. The van der Waals surface area contributed by atoms with Crippen LogP contribution >= 0.6 is 0 Å². The lowest BCUT2D eigenvalue weighted by Crippen LogP contribution is -2.34. The lowest BCUT2D eigenvalue weighted by atomic mass is 10.1. The molecule has 4 rings (SSSR count). The molecule has 2 fully saturated rings. The van der Waals surface area contributed by atoms with Crippen LogP contribution in [0.5, 0.6) is 0 Å². The van der Waals surface area contributed by atoms with E-state index < -0.39 is 10.0 Å². The third-order valence-electron chi connectivity index (χ3n) is 5.88. The van der Waals surface area contributed by atoms with Gasteiger partial charge in [0.05, 0.1) is 4.90 Å². The maximum atomic E-state index is 12.7. The number of benzene rings is 1. The summed E-state index contributed by atoms with van der Waals surface area (Å²) in [4.78, 5) is 12.3. The number of nitrogens with one attached hydrogen (secondary N) is 2. The van der Waals surface area contributed by atoms with E-state index >= 15 is 0 Å². The SMILES string of the molecule is Cc1noc(/C=C\c2ccc(S(=O)(=O)NC3CCCCCC3)cc2)c1NC(=O)C1CC1. The van der Waals surface area contributed by atoms with Crippen LogP contribution < -0.4 is 10.0 Å². The zero-order chi connectivity index (χ0) is 21.8. The maximum absolute atomic E-state index is 12.7. The van der Waals surface area contributed by atoms with Gasteiger partial charge in [-0.05, 0) is 56.4 Å². The summed E-state index contributed by atoms with van der Waals surface area (Å²) < 4.78 is 33.6. The van der Waals surface area contributed by atoms with Crippen LogP contribution in [0.25, 0.3) is 12.2 Å². The molecule has 1 amide bonds. The minimum absolute atomic E-state index is 0.00308. The minimum atomic E-state index is -3.53. The molecule has 1 heterocycles. The first-order valence-electron chi connectivity index (χ1n) is 11.0. The van der Waals surface area contributed by atoms with E-state index in [0.29, 0.717) is 17.1 Å². The number of rotatable bonds is 7. The first kappa shape index (κ1) is 21.8. The number of aryl methyl sites for hydroxylation is 1. The lowest BCUT2D eigenvalue weighted by Gasteiger charge is -2.16. The summed E-state index contributed by atoms with van der Waals surface area (Å²) in [5.41, 5.74) is 2.03. The lowest BCUT2D eigenvalue weighted by molar-refractivity contribution is -0.117. The zero-order valence-electron chi connectivity index (χ0n) is 17.8. The third-order valence-corrected chi connectivity index (χ3v) is 7.42. The smallest absolute Gasteiger partial charge is 0.240 e. The van der Waals surface area contributed by atoms with Gasteiger partial charge in [0.25, 0.3) is 0 Å². The molecule has 0 atom stereocenters. The maximum Gasteiger partial charge on any atom is 0.240 e. The van der Waals surface area contributed by atoms with Gasteiger partial charge < -0.3 is 9.84 Å². The molecule has 2 N–H and O–H groups in total. The summed E-state index contributed by atoms with van der Waals surface area (Å²) in [5.74, 6) is 0.558. The molecule has 166 valence electrons. The Morgan fingerprint density at radius 3 is 2.35 bits per heavy atom. The van der Waals surface area contributed by atoms with Crippen LogP contribution in [0.15, 0.2) is 33.7 Å². The quantitative estimate of drug-likeness (QED) is 0.614. The van der Waals surface area contributed by atoms with Crippen molar-refractivity contribution in [2.45, 2.75) is 69.2 Å². The van der Waals surface area contributed by atoms with Crippen LogP contribution in [-0.4, -0.2) is 25.5 Å². The molecule has 2 saturated carbocycles. The predicted octanol–water partition coefficient (Wildman–Crippen LogP) is 4.50. The number of sulfonamides is 1. The monoisotopic (exact) mass is 443 g/mol. The fourth-order valence-corrected chi connectivity index (χ4v) is 5.14. The molecule has 0 bridgehead atoms. The Balaban J connectivity index is 1.42. The first-order valence-corrected chi connectivity index (χ1v) is 12.5. The second kappa shape index (κ2) is 9.36. The molecule has 2 aromatic rings. The summed E-state index contributed by atoms with van der Waals surface area (Å²) in [5, 5.41) is 6.84. The van der Waals surface area contributed by atoms with Crippen molar-refractivity contribution < 1.29 is 17.7 Å². The Morgan fingerprint density at radius 1 is 1.03 bits per heavy atom. The van der Waals surface area contributed by atoms with Crippen molar-refractivity contribution in [1.29, 1.82) is 0 Å². The normalized spacial score (nSPS) is 18.2. The van der Waals surface area contributed by atoms with E-state index in [0.717, 1.165) is 44.1 Å². The Morgan fingerprint density at radius 2 is 1.71 bits per heavy atom. The van der Waals surface area contributed by atoms with Crippen molar-refractivity contribution in [2.75, 3.05) is 5.32 Å². The van der Waals surface area contributed by atoms with Gasteiger partial charge in [-0.15, -0.1) is 0 Å². The number of carbonyl (C=O) groups excluding carboxylic acids is 1. The van der Waals surface area contributed by atoms with Crippen LogP contribution in [0.3, 0.4) is 0 Å². The van der Waals surface area contributed by atoms with E-state index in [1.54, 1.807) is 37.3 Å². The van der Waals surface area contributed by atoms with Gasteiger partial charge in [0.1, 0.15) is 11.4 Å². The molecule has 2 aliphatic rings. The number of anilines is 1. The molecule has 0 spiro atoms. The molecular formula is C23H29N3O4S. The molecule has 2 aliphatic carbocycles. The molecule has 0 aliphatic heterocycles. The molecule has 0 radical (unpaired) electrons. The van der Waals surface area contributed by atoms with Crippen molar-refractivity contribution in [1.82, 2.24) is 9.88 Å². The molecule has 31 heavy (non-hydrogen) atoms. The number of carbonyl (C=O) groups is 1. The highest BCUT2D eigenvalue weighted by atomic mass is 32.2. The standard InChI is InChI=1S/C23H29N3O4S/c1-16-22(24-23(27)18-11-12-18)21(30-25-16)15-10-17-8-13-20(14-9-17)31(28,29)26-19-6-4-2-3-5-7-19/h8-10,13-15,18-19,26H,2-7,11-12H2,1H3,(H,24,27)/b15-10-. The van der Waals surface area contributed by atoms with Crippen molar-refractivity contribution >= 4 is 33.8 Å². The molecule has 8 heteroatoms. The van der Waals surface area contributed by atoms with Crippen LogP contribution in [0.4, 0.5) is 5.69 Å². The molecule has 1 aromatic carbocycles. The number of hydrogen-bond acceptors (Lipinski definition) is 5. The second-order valence-electron chi connectivity index (χ2n) is 8.48. The summed E-state index contributed by atoms with van der Waals surface area (Å²) in [6, 6.07) is 6.75. The van der Waals surface area contributed by atoms with Gasteiger partial charge in [-0.3, -0.25) is 4.79 Å². The molecule has 0 unspecified atom stereocenters. The van der Waals surface area contributed by atoms with Gasteiger partial charge in [-0.1, -0.05) is 49.0 Å². The van der Waals surface area contributed by atoms with E-state index in [1.807, 2.05) is 6.08 Å². The predicted molar refractivity (Wildman–Crippen MR) is 120 cm³/mol. The molecule has 7 nitrogen and oxygen atoms in total. The molecular weight excluding hydrogens is 414 g/mol. The third kappa shape index (κ3) is 5.62. The van der Waals surface area contributed by atoms with Crippen LogP contribution in [0.1, 0.15) is 68.4 Å². The van der Waals surface area contributed by atoms with Gasteiger partial charge in [0, 0.05) is 12.0 Å². The summed E-state index contributed by atoms with van der Waals surface area (Å²) in [6.45, 7) is 1.78.